The van der Waals surface area contributed by atoms with Crippen molar-refractivity contribution in [1.82, 2.24) is 0 Å². The van der Waals surface area contributed by atoms with E-state index in [0.29, 0.717) is 0 Å². The highest BCUT2D eigenvalue weighted by molar-refractivity contribution is 5.87. The van der Waals surface area contributed by atoms with Crippen molar-refractivity contribution in [2.24, 2.45) is 0 Å². The maximum atomic E-state index is 5.19. The van der Waals surface area contributed by atoms with Crippen molar-refractivity contribution in [3.63, 3.8) is 0 Å². The van der Waals surface area contributed by atoms with Crippen LogP contribution in [0, 0.1) is 6.07 Å². The molecule has 0 unspecified atom stereocenters. The van der Waals surface area contributed by atoms with E-state index < -0.39 is 0 Å². The zero-order chi connectivity index (χ0) is 14.9. The molecule has 0 saturated carbocycles. The van der Waals surface area contributed by atoms with E-state index in [4.69, 9.17) is 4.74 Å². The van der Waals surface area contributed by atoms with Crippen LogP contribution in [0.2, 0.25) is 0 Å². The fourth-order valence-electron chi connectivity index (χ4n) is 3.13. The highest BCUT2D eigenvalue weighted by Crippen LogP contribution is 2.29. The van der Waals surface area contributed by atoms with E-state index in [9.17, 15) is 0 Å². The summed E-state index contributed by atoms with van der Waals surface area (Å²) in [7, 11) is 1.68. The minimum absolute atomic E-state index is 0.868. The van der Waals surface area contributed by atoms with Gasteiger partial charge in [0.25, 0.3) is 0 Å². The van der Waals surface area contributed by atoms with Gasteiger partial charge in [-0.15, -0.1) is 0 Å². The molecule has 1 aliphatic rings. The largest absolute Gasteiger partial charge is 0.497 e. The van der Waals surface area contributed by atoms with Gasteiger partial charge in [-0.25, -0.2) is 0 Å². The Bertz CT molecular complexity index is 821. The Labute approximate surface area is 130 Å². The molecule has 3 aromatic rings. The summed E-state index contributed by atoms with van der Waals surface area (Å²) in [4.78, 5) is 0. The molecule has 4 rings (SSSR count). The van der Waals surface area contributed by atoms with E-state index in [1.807, 2.05) is 24.3 Å². The average molecular weight is 288 g/mol. The Morgan fingerprint density at radius 2 is 1.77 bits per heavy atom. The molecule has 2 heteroatoms. The first-order valence-electron chi connectivity index (χ1n) is 7.71. The number of fused-ring (bicyclic) bond motifs is 2. The smallest absolute Gasteiger partial charge is 0.119 e. The summed E-state index contributed by atoms with van der Waals surface area (Å²) in [6, 6.07) is 20.4. The van der Waals surface area contributed by atoms with Crippen molar-refractivity contribution >= 4 is 22.1 Å². The Hall–Kier alpha value is -2.48. The summed E-state index contributed by atoms with van der Waals surface area (Å²) in [5.74, 6) is 0.868. The molecule has 0 amide bonds. The topological polar surface area (TPSA) is 21.3 Å². The van der Waals surface area contributed by atoms with Gasteiger partial charge in [0.05, 0.1) is 7.11 Å². The predicted octanol–water partition coefficient (Wildman–Crippen LogP) is 4.88. The lowest BCUT2D eigenvalue weighted by molar-refractivity contribution is 0.415. The number of benzene rings is 3. The van der Waals surface area contributed by atoms with Gasteiger partial charge in [-0.1, -0.05) is 12.1 Å². The predicted molar refractivity (Wildman–Crippen MR) is 91.1 cm³/mol. The standard InChI is InChI=1S/C20H18NO/c1-22-20-9-7-18(8-10-20)21-19-6-5-16-11-14-3-2-4-15(14)12-17(16)13-19/h5-11,13,21H,2-4H2,1H3. The fraction of sp³-hybridized carbons (Fsp3) is 0.200. The first-order chi connectivity index (χ1) is 10.8. The number of hydrogen-bond donors (Lipinski definition) is 1. The molecule has 109 valence electrons. The Kier molecular flexibility index (Phi) is 3.23. The van der Waals surface area contributed by atoms with Crippen LogP contribution in [0.4, 0.5) is 11.4 Å². The molecule has 3 aromatic carbocycles. The third-order valence-corrected chi connectivity index (χ3v) is 4.31. The molecule has 0 saturated heterocycles. The maximum absolute atomic E-state index is 5.19. The molecule has 0 spiro atoms. The summed E-state index contributed by atoms with van der Waals surface area (Å²) >= 11 is 0. The van der Waals surface area contributed by atoms with Crippen molar-refractivity contribution in [3.8, 4) is 5.75 Å². The normalized spacial score (nSPS) is 13.1. The van der Waals surface area contributed by atoms with Gasteiger partial charge in [-0.3, -0.25) is 0 Å². The highest BCUT2D eigenvalue weighted by Gasteiger charge is 2.12. The fourth-order valence-corrected chi connectivity index (χ4v) is 3.13. The van der Waals surface area contributed by atoms with Crippen molar-refractivity contribution in [2.45, 2.75) is 19.3 Å². The Morgan fingerprint density at radius 1 is 0.955 bits per heavy atom. The van der Waals surface area contributed by atoms with Gasteiger partial charge in [0, 0.05) is 11.4 Å². The van der Waals surface area contributed by atoms with Gasteiger partial charge in [0.15, 0.2) is 0 Å². The van der Waals surface area contributed by atoms with Crippen LogP contribution < -0.4 is 10.1 Å². The SMILES string of the molecule is COc1ccc(Nc2ccc3cc4c([c]c3c2)CCC4)cc1. The van der Waals surface area contributed by atoms with Gasteiger partial charge >= 0.3 is 0 Å². The second kappa shape index (κ2) is 5.38. The van der Waals surface area contributed by atoms with E-state index in [0.717, 1.165) is 17.1 Å². The van der Waals surface area contributed by atoms with Crippen molar-refractivity contribution in [3.05, 3.63) is 65.7 Å². The molecule has 0 heterocycles. The summed E-state index contributed by atoms with van der Waals surface area (Å²) in [6.45, 7) is 0. The first-order valence-corrected chi connectivity index (χ1v) is 7.71. The van der Waals surface area contributed by atoms with Crippen molar-refractivity contribution in [2.75, 3.05) is 12.4 Å². The van der Waals surface area contributed by atoms with Crippen LogP contribution in [0.25, 0.3) is 10.8 Å². The maximum Gasteiger partial charge on any atom is 0.119 e. The molecular formula is C20H18NO. The molecular weight excluding hydrogens is 270 g/mol. The van der Waals surface area contributed by atoms with Gasteiger partial charge < -0.3 is 10.1 Å². The summed E-state index contributed by atoms with van der Waals surface area (Å²) in [6.07, 6.45) is 3.63. The minimum atomic E-state index is 0.868. The number of hydrogen-bond acceptors (Lipinski definition) is 2. The van der Waals surface area contributed by atoms with Crippen LogP contribution in [0.15, 0.2) is 48.5 Å². The van der Waals surface area contributed by atoms with Crippen molar-refractivity contribution < 1.29 is 4.74 Å². The number of rotatable bonds is 3. The third kappa shape index (κ3) is 2.41. The number of methoxy groups -OCH3 is 1. The van der Waals surface area contributed by atoms with Crippen LogP contribution in [-0.2, 0) is 12.8 Å². The molecule has 0 aromatic heterocycles. The lowest BCUT2D eigenvalue weighted by Gasteiger charge is -2.09. The number of anilines is 2. The molecule has 22 heavy (non-hydrogen) atoms. The van der Waals surface area contributed by atoms with Gasteiger partial charge in [-0.05, 0) is 83.6 Å². The number of ether oxygens (including phenoxy) is 1. The van der Waals surface area contributed by atoms with Gasteiger partial charge in [0.1, 0.15) is 5.75 Å². The summed E-state index contributed by atoms with van der Waals surface area (Å²) in [5.41, 5.74) is 5.02. The zero-order valence-corrected chi connectivity index (χ0v) is 12.6. The van der Waals surface area contributed by atoms with Crippen LogP contribution >= 0.6 is 0 Å². The Balaban J connectivity index is 1.65. The average Bonchev–Trinajstić information content (AvgIpc) is 3.00. The lowest BCUT2D eigenvalue weighted by Crippen LogP contribution is -1.91. The lowest BCUT2D eigenvalue weighted by atomic mass is 10.0. The molecule has 1 radical (unpaired) electrons. The monoisotopic (exact) mass is 288 g/mol. The van der Waals surface area contributed by atoms with Crippen molar-refractivity contribution in [1.29, 1.82) is 0 Å². The van der Waals surface area contributed by atoms with E-state index in [2.05, 4.69) is 35.6 Å². The zero-order valence-electron chi connectivity index (χ0n) is 12.6. The van der Waals surface area contributed by atoms with Crippen LogP contribution in [0.1, 0.15) is 17.5 Å². The van der Waals surface area contributed by atoms with E-state index in [-0.39, 0.29) is 0 Å². The summed E-state index contributed by atoms with van der Waals surface area (Å²) < 4.78 is 5.19. The quantitative estimate of drug-likeness (QED) is 0.741. The molecule has 0 aliphatic heterocycles. The van der Waals surface area contributed by atoms with Crippen LogP contribution in [0.3, 0.4) is 0 Å². The minimum Gasteiger partial charge on any atom is -0.497 e. The highest BCUT2D eigenvalue weighted by atomic mass is 16.5. The second-order valence-corrected chi connectivity index (χ2v) is 5.78. The molecule has 0 atom stereocenters. The molecule has 1 N–H and O–H groups in total. The number of nitrogens with one attached hydrogen (secondary N) is 1. The molecule has 1 aliphatic carbocycles. The van der Waals surface area contributed by atoms with E-state index >= 15 is 0 Å². The van der Waals surface area contributed by atoms with Gasteiger partial charge in [-0.2, -0.15) is 0 Å². The second-order valence-electron chi connectivity index (χ2n) is 5.78. The van der Waals surface area contributed by atoms with E-state index in [1.54, 1.807) is 7.11 Å². The Morgan fingerprint density at radius 3 is 2.59 bits per heavy atom. The summed E-state index contributed by atoms with van der Waals surface area (Å²) in [5, 5.41) is 5.91. The van der Waals surface area contributed by atoms with Crippen LogP contribution in [-0.4, -0.2) is 7.11 Å². The number of aryl methyl sites for hydroxylation is 2. The van der Waals surface area contributed by atoms with Gasteiger partial charge in [0.2, 0.25) is 0 Å². The molecule has 0 fully saturated rings. The molecule has 0 bridgehead atoms. The van der Waals surface area contributed by atoms with E-state index in [1.165, 1.54) is 41.2 Å². The van der Waals surface area contributed by atoms with Crippen LogP contribution in [0.5, 0.6) is 5.75 Å². The molecule has 2 nitrogen and oxygen atoms in total. The first kappa shape index (κ1) is 13.2. The third-order valence-electron chi connectivity index (χ3n) is 4.31.